The van der Waals surface area contributed by atoms with E-state index in [-0.39, 0.29) is 17.9 Å². The molecular weight excluding hydrogens is 1460 g/mol. The van der Waals surface area contributed by atoms with Crippen LogP contribution >= 0.6 is 0 Å². The molecule has 41 heteroatoms. The molecule has 0 spiro atoms. The van der Waals surface area contributed by atoms with Gasteiger partial charge in [0.15, 0.2) is 56.2 Å². The van der Waals surface area contributed by atoms with Crippen LogP contribution in [-0.4, -0.2) is 378 Å². The number of benzene rings is 2. The van der Waals surface area contributed by atoms with Gasteiger partial charge in [-0.1, -0.05) is 74.6 Å². The van der Waals surface area contributed by atoms with E-state index in [2.05, 4.69) is 27.8 Å². The molecule has 0 radical (unpaired) electrons. The number of para-hydroxylation sites is 2. The van der Waals surface area contributed by atoms with Gasteiger partial charge in [0.2, 0.25) is 0 Å². The van der Waals surface area contributed by atoms with Crippen molar-refractivity contribution in [1.29, 1.82) is 0 Å². The largest absolute Gasteiger partial charge is 0.439 e. The van der Waals surface area contributed by atoms with Crippen LogP contribution in [0.3, 0.4) is 0 Å². The zero-order chi connectivity index (χ0) is 78.3. The third-order valence-corrected chi connectivity index (χ3v) is 19.9. The second-order valence-electron chi connectivity index (χ2n) is 27.4. The Morgan fingerprint density at radius 1 is 0.330 bits per heavy atom. The summed E-state index contributed by atoms with van der Waals surface area (Å²) in [5.74, 6) is 0. The summed E-state index contributed by atoms with van der Waals surface area (Å²) >= 11 is 0. The van der Waals surface area contributed by atoms with Crippen LogP contribution in [-0.2, 0) is 75.8 Å². The van der Waals surface area contributed by atoms with Crippen LogP contribution < -0.4 is 21.3 Å². The molecule has 4 amide bonds. The number of carbonyl (C=O) groups excluding carboxylic acids is 3. The van der Waals surface area contributed by atoms with E-state index in [0.29, 0.717) is 6.42 Å². The Hall–Kier alpha value is -5.29. The minimum atomic E-state index is -2.38. The van der Waals surface area contributed by atoms with Crippen molar-refractivity contribution < 1.29 is 182 Å². The van der Waals surface area contributed by atoms with E-state index in [9.17, 15) is 106 Å². The van der Waals surface area contributed by atoms with Gasteiger partial charge in [-0.25, -0.2) is 14.4 Å². The van der Waals surface area contributed by atoms with Crippen LogP contribution in [0.15, 0.2) is 73.3 Å². The average molecular weight is 1570 g/mol. The number of nitrogens with one attached hydrogen (secondary N) is 4. The number of aliphatic hydroxyl groups excluding tert-OH is 18. The lowest BCUT2D eigenvalue weighted by atomic mass is 9.95. The minimum absolute atomic E-state index is 0.116. The number of rotatable bonds is 22. The molecule has 0 saturated carbocycles. The summed E-state index contributed by atoms with van der Waals surface area (Å²) in [5, 5.41) is 217. The number of hydrogen-bond acceptors (Lipinski definition) is 37. The van der Waals surface area contributed by atoms with E-state index in [0.717, 1.165) is 44.9 Å². The summed E-state index contributed by atoms with van der Waals surface area (Å²) in [6.07, 6.45) is -67.5. The monoisotopic (exact) mass is 1570 g/mol. The smallest absolute Gasteiger partial charge is 0.412 e. The number of carbonyl (C=O) groups is 3. The van der Waals surface area contributed by atoms with E-state index in [1.165, 1.54) is 24.3 Å². The molecule has 109 heavy (non-hydrogen) atoms. The number of urea groups is 1. The summed E-state index contributed by atoms with van der Waals surface area (Å²) in [6, 6.07) is 14.4. The molecule has 2 aromatic carbocycles. The van der Waals surface area contributed by atoms with Gasteiger partial charge in [0, 0.05) is 24.5 Å². The number of amides is 4. The highest BCUT2D eigenvalue weighted by Gasteiger charge is 2.61. The van der Waals surface area contributed by atoms with Gasteiger partial charge >= 0.3 is 18.2 Å². The lowest BCUT2D eigenvalue weighted by Gasteiger charge is -2.50. The Morgan fingerprint density at radius 2 is 0.606 bits per heavy atom. The van der Waals surface area contributed by atoms with Gasteiger partial charge in [-0.05, 0) is 43.5 Å². The number of hydrogen-bond donors (Lipinski definition) is 22. The average Bonchev–Trinajstić information content (AvgIpc) is 0.818. The summed E-state index contributed by atoms with van der Waals surface area (Å²) in [6.45, 7) is -3.49. The molecule has 20 aliphatic rings. The number of allylic oxidation sites excluding steroid dienone is 1. The fourth-order valence-electron chi connectivity index (χ4n) is 14.0. The van der Waals surface area contributed by atoms with E-state index < -0.39 is 279 Å². The maximum absolute atomic E-state index is 14.4. The van der Waals surface area contributed by atoms with Crippen molar-refractivity contribution in [3.05, 3.63) is 73.3 Å². The van der Waals surface area contributed by atoms with Gasteiger partial charge in [-0.3, -0.25) is 10.6 Å². The van der Waals surface area contributed by atoms with Gasteiger partial charge in [-0.15, -0.1) is 6.58 Å². The minimum Gasteiger partial charge on any atom is -0.439 e. The van der Waals surface area contributed by atoms with Crippen LogP contribution in [0.5, 0.6) is 0 Å². The van der Waals surface area contributed by atoms with Crippen molar-refractivity contribution >= 4 is 29.6 Å². The second kappa shape index (κ2) is 40.6. The number of ether oxygens (including phenoxy) is 16. The number of fused-ring (bicyclic) bond motifs is 1. The molecule has 20 heterocycles. The molecule has 41 nitrogen and oxygen atoms in total. The van der Waals surface area contributed by atoms with E-state index >= 15 is 0 Å². The Bertz CT molecular complexity index is 3090. The standard InChI is InChI=1S/C68H102N4O37/c1-2-3-4-5-6-7-8-9-16-21-69-66(91)70-22-31-50-38(79)44(85)59(94-31)107-56-37(28-78)100-65(58(109-68(93)72-30-19-14-11-15-20-30)57(56)108-67(92)71-29-17-12-10-13-18-29)106-55-36(27-77)99-64(49(90)43(55)84)105-54-35(26-76)98-63(48(89)42(54)83)104-53-34(25-75)97-62(47(88)41(53)82)103-52-33(24-74)96-61(46(87)40(52)81)102-51-32(23-73)95-60(101-50)45(86)39(51)80/h2,10-15,17-20,31-65,73-90H,1,3-9,16,21-28H2,(H,71,92)(H,72,93)(H2,69,70,91)/t31-,32-,33-,34-,35-,36-,37-,38-,39-,40-,41-,42-,43-,44-,45-,46-,47-,48-,49-,50-,51-,52-,53-,54-,55-,56-,57+,58-,59-,60-,61-,62-,63?,64-,65-/m1/s1. The molecule has 2 aromatic rings. The molecule has 0 aliphatic carbocycles. The second-order valence-corrected chi connectivity index (χ2v) is 27.4. The first-order valence-corrected chi connectivity index (χ1v) is 36.1. The van der Waals surface area contributed by atoms with Crippen molar-refractivity contribution in [3.63, 3.8) is 0 Å². The predicted molar refractivity (Wildman–Crippen MR) is 359 cm³/mol. The molecule has 22 N–H and O–H groups in total. The first kappa shape index (κ1) is 86.1. The maximum Gasteiger partial charge on any atom is 0.412 e. The summed E-state index contributed by atoms with van der Waals surface area (Å²) in [5.41, 5.74) is 0.233. The third kappa shape index (κ3) is 20.8. The molecule has 616 valence electrons. The molecule has 20 fully saturated rings. The Morgan fingerprint density at radius 3 is 0.945 bits per heavy atom. The Kier molecular flexibility index (Phi) is 32.1. The SMILES string of the molecule is C=CCCCCCCCCCNC(=O)NC[C@H]1O[C@@H]2O[C@H]3[C@H](OC(=O)Nc4ccccc4)[C@@H](OC(=O)Nc4ccccc4)[C@@H](O[C@H]4[C@H](O)[C@@H](O)[C@@H](O[C@H]5[C@H](O)[C@@H](O)C(O[C@H]6[C@H](O)[C@@H](O)[C@@H](O[C@H]7[C@H](O)[C@@H](O)[C@@H](O[C@H]8[C@H](O)[C@@H](O)[C@@H](O[C@H]1[C@H](O)[C@H]2O)O[C@@H]8CO)O[C@@H]7CO)O[C@@H]6CO)O[C@@H]5CO)O[C@@H]4CO)O[C@@H]3CO. The Labute approximate surface area is 623 Å². The summed E-state index contributed by atoms with van der Waals surface area (Å²) in [4.78, 5) is 42.3. The van der Waals surface area contributed by atoms with Crippen LogP contribution in [0.2, 0.25) is 0 Å². The topological polar surface area (TPSA) is 611 Å². The van der Waals surface area contributed by atoms with Crippen molar-refractivity contribution in [2.75, 3.05) is 63.4 Å². The zero-order valence-electron chi connectivity index (χ0n) is 58.9. The van der Waals surface area contributed by atoms with Crippen molar-refractivity contribution in [1.82, 2.24) is 10.6 Å². The number of aliphatic hydroxyl groups is 18. The molecule has 1 unspecified atom stereocenters. The van der Waals surface area contributed by atoms with Gasteiger partial charge in [0.25, 0.3) is 0 Å². The first-order valence-electron chi connectivity index (χ1n) is 36.1. The van der Waals surface area contributed by atoms with Gasteiger partial charge in [-0.2, -0.15) is 0 Å². The maximum atomic E-state index is 14.4. The highest BCUT2D eigenvalue weighted by Crippen LogP contribution is 2.40. The lowest BCUT2D eigenvalue weighted by Crippen LogP contribution is -2.69. The summed E-state index contributed by atoms with van der Waals surface area (Å²) < 4.78 is 96.1. The Balaban J connectivity index is 1.00. The molecular formula is C68H102N4O37. The van der Waals surface area contributed by atoms with E-state index in [1.807, 2.05) is 6.08 Å². The quantitative estimate of drug-likeness (QED) is 0.0385. The molecule has 14 bridgehead atoms. The first-order chi connectivity index (χ1) is 52.4. The van der Waals surface area contributed by atoms with Crippen LogP contribution in [0, 0.1) is 0 Å². The number of unbranched alkanes of at least 4 members (excludes halogenated alkanes) is 7. The molecule has 20 saturated heterocycles. The lowest BCUT2D eigenvalue weighted by molar-refractivity contribution is -0.396. The highest BCUT2D eigenvalue weighted by molar-refractivity contribution is 5.85. The molecule has 20 aliphatic heterocycles. The zero-order valence-corrected chi connectivity index (χ0v) is 58.9. The fourth-order valence-corrected chi connectivity index (χ4v) is 14.0. The van der Waals surface area contributed by atoms with Crippen molar-refractivity contribution in [2.24, 2.45) is 0 Å². The van der Waals surface area contributed by atoms with E-state index in [1.54, 1.807) is 36.4 Å². The van der Waals surface area contributed by atoms with Crippen LogP contribution in [0.1, 0.15) is 51.4 Å². The van der Waals surface area contributed by atoms with Crippen LogP contribution in [0.25, 0.3) is 0 Å². The normalized spacial score (nSPS) is 42.2. The third-order valence-electron chi connectivity index (χ3n) is 19.9. The van der Waals surface area contributed by atoms with Crippen LogP contribution in [0.4, 0.5) is 25.8 Å². The molecule has 22 rings (SSSR count). The fraction of sp³-hybridized carbons (Fsp3) is 0.750. The molecule has 35 atom stereocenters. The van der Waals surface area contributed by atoms with E-state index in [4.69, 9.17) is 75.8 Å². The van der Waals surface area contributed by atoms with Gasteiger partial charge in [0.1, 0.15) is 159 Å². The molecule has 0 aromatic heterocycles. The number of anilines is 2. The van der Waals surface area contributed by atoms with Gasteiger partial charge < -0.3 is 178 Å². The predicted octanol–water partition coefficient (Wildman–Crippen LogP) is -7.10. The van der Waals surface area contributed by atoms with Crippen molar-refractivity contribution in [3.8, 4) is 0 Å². The highest BCUT2D eigenvalue weighted by atomic mass is 16.8. The van der Waals surface area contributed by atoms with Gasteiger partial charge in [0.05, 0.1) is 39.6 Å². The summed E-state index contributed by atoms with van der Waals surface area (Å²) in [7, 11) is 0. The van der Waals surface area contributed by atoms with Crippen molar-refractivity contribution in [2.45, 2.75) is 266 Å².